The van der Waals surface area contributed by atoms with Crippen LogP contribution in [-0.2, 0) is 14.3 Å². The zero-order valence-electron chi connectivity index (χ0n) is 8.99. The van der Waals surface area contributed by atoms with E-state index in [9.17, 15) is 9.59 Å². The molecule has 1 aliphatic heterocycles. The fraction of sp³-hybridized carbons (Fsp3) is 0.778. The van der Waals surface area contributed by atoms with Crippen LogP contribution in [0.25, 0.3) is 0 Å². The quantitative estimate of drug-likeness (QED) is 0.635. The summed E-state index contributed by atoms with van der Waals surface area (Å²) in [6.07, 6.45) is -0.491. The predicted octanol–water partition coefficient (Wildman–Crippen LogP) is -0.410. The van der Waals surface area contributed by atoms with Gasteiger partial charge in [-0.2, -0.15) is 0 Å². The van der Waals surface area contributed by atoms with E-state index in [1.165, 1.54) is 12.0 Å². The Morgan fingerprint density at radius 3 is 2.87 bits per heavy atom. The lowest BCUT2D eigenvalue weighted by Crippen LogP contribution is -2.57. The summed E-state index contributed by atoms with van der Waals surface area (Å²) < 4.78 is 9.48. The summed E-state index contributed by atoms with van der Waals surface area (Å²) in [5.41, 5.74) is 0. The topological polar surface area (TPSA) is 67.9 Å². The highest BCUT2D eigenvalue weighted by Gasteiger charge is 2.33. The van der Waals surface area contributed by atoms with Crippen molar-refractivity contribution in [1.29, 1.82) is 0 Å². The number of nitrogens with zero attached hydrogens (tertiary/aromatic N) is 1. The van der Waals surface area contributed by atoms with E-state index in [1.54, 1.807) is 6.92 Å². The first-order chi connectivity index (χ1) is 7.20. The average molecular weight is 216 g/mol. The Hall–Kier alpha value is -1.30. The van der Waals surface area contributed by atoms with E-state index in [1.807, 2.05) is 0 Å². The number of carbonyl (C=O) groups excluding carboxylic acids is 2. The Morgan fingerprint density at radius 1 is 1.53 bits per heavy atom. The van der Waals surface area contributed by atoms with Gasteiger partial charge in [0.1, 0.15) is 6.04 Å². The third-order valence-corrected chi connectivity index (χ3v) is 2.21. The number of carbonyl (C=O) groups is 2. The number of hydrogen-bond donors (Lipinski definition) is 1. The number of amides is 1. The fourth-order valence-corrected chi connectivity index (χ4v) is 1.49. The molecular formula is C9H16N2O4. The zero-order valence-corrected chi connectivity index (χ0v) is 8.99. The first-order valence-electron chi connectivity index (χ1n) is 4.92. The average Bonchev–Trinajstić information content (AvgIpc) is 2.28. The van der Waals surface area contributed by atoms with Crippen LogP contribution in [0.2, 0.25) is 0 Å². The smallest absolute Gasteiger partial charge is 0.410 e. The third kappa shape index (κ3) is 2.82. The molecule has 0 aromatic carbocycles. The summed E-state index contributed by atoms with van der Waals surface area (Å²) >= 11 is 0. The monoisotopic (exact) mass is 216 g/mol. The summed E-state index contributed by atoms with van der Waals surface area (Å²) in [6.45, 7) is 3.57. The van der Waals surface area contributed by atoms with E-state index in [0.29, 0.717) is 26.2 Å². The Morgan fingerprint density at radius 2 is 2.27 bits per heavy atom. The van der Waals surface area contributed by atoms with Gasteiger partial charge in [-0.25, -0.2) is 9.59 Å². The lowest BCUT2D eigenvalue weighted by atomic mass is 10.2. The van der Waals surface area contributed by atoms with Crippen molar-refractivity contribution in [3.8, 4) is 0 Å². The number of nitrogens with one attached hydrogen (secondary N) is 1. The van der Waals surface area contributed by atoms with Gasteiger partial charge in [0.15, 0.2) is 0 Å². The summed E-state index contributed by atoms with van der Waals surface area (Å²) in [5.74, 6) is -0.393. The van der Waals surface area contributed by atoms with Gasteiger partial charge in [0.25, 0.3) is 0 Å². The number of methoxy groups -OCH3 is 1. The molecule has 1 aliphatic rings. The zero-order chi connectivity index (χ0) is 11.3. The van der Waals surface area contributed by atoms with Gasteiger partial charge in [-0.05, 0) is 6.92 Å². The molecule has 0 aromatic heterocycles. The van der Waals surface area contributed by atoms with Crippen molar-refractivity contribution < 1.29 is 19.1 Å². The van der Waals surface area contributed by atoms with Crippen molar-refractivity contribution >= 4 is 12.1 Å². The molecule has 86 valence electrons. The molecule has 1 heterocycles. The van der Waals surface area contributed by atoms with Crippen molar-refractivity contribution in [1.82, 2.24) is 10.2 Å². The highest BCUT2D eigenvalue weighted by atomic mass is 16.6. The van der Waals surface area contributed by atoms with Gasteiger partial charge in [-0.3, -0.25) is 4.90 Å². The second kappa shape index (κ2) is 5.55. The Kier molecular flexibility index (Phi) is 4.36. The van der Waals surface area contributed by atoms with Crippen LogP contribution in [0, 0.1) is 0 Å². The van der Waals surface area contributed by atoms with Crippen LogP contribution >= 0.6 is 0 Å². The van der Waals surface area contributed by atoms with Gasteiger partial charge in [-0.15, -0.1) is 0 Å². The van der Waals surface area contributed by atoms with E-state index >= 15 is 0 Å². The number of rotatable bonds is 2. The van der Waals surface area contributed by atoms with Gasteiger partial charge in [0, 0.05) is 19.6 Å². The van der Waals surface area contributed by atoms with Crippen LogP contribution in [0.1, 0.15) is 6.92 Å². The molecule has 0 aliphatic carbocycles. The number of ether oxygens (including phenoxy) is 2. The minimum atomic E-state index is -0.578. The first kappa shape index (κ1) is 11.8. The van der Waals surface area contributed by atoms with E-state index in [2.05, 4.69) is 10.1 Å². The standard InChI is InChI=1S/C9H16N2O4/c1-3-15-8(12)7-6-10-4-5-11(7)9(13)14-2/h7,10H,3-6H2,1-2H3. The minimum absolute atomic E-state index is 0.310. The van der Waals surface area contributed by atoms with Crippen molar-refractivity contribution in [2.75, 3.05) is 33.4 Å². The molecule has 6 heteroatoms. The Bertz CT molecular complexity index is 244. The highest BCUT2D eigenvalue weighted by molar-refractivity contribution is 5.81. The molecule has 1 rings (SSSR count). The summed E-state index contributed by atoms with van der Waals surface area (Å²) in [6, 6.07) is -0.578. The maximum Gasteiger partial charge on any atom is 0.410 e. The highest BCUT2D eigenvalue weighted by Crippen LogP contribution is 2.07. The van der Waals surface area contributed by atoms with E-state index < -0.39 is 18.1 Å². The van der Waals surface area contributed by atoms with Crippen LogP contribution in [0.15, 0.2) is 0 Å². The van der Waals surface area contributed by atoms with Crippen molar-refractivity contribution in [2.45, 2.75) is 13.0 Å². The molecule has 6 nitrogen and oxygen atoms in total. The maximum atomic E-state index is 11.5. The molecular weight excluding hydrogens is 200 g/mol. The Labute approximate surface area is 88.5 Å². The van der Waals surface area contributed by atoms with E-state index in [0.717, 1.165) is 0 Å². The van der Waals surface area contributed by atoms with Crippen LogP contribution in [-0.4, -0.2) is 56.4 Å². The molecule has 0 bridgehead atoms. The minimum Gasteiger partial charge on any atom is -0.464 e. The second-order valence-corrected chi connectivity index (χ2v) is 3.14. The molecule has 1 fully saturated rings. The summed E-state index contributed by atoms with van der Waals surface area (Å²) in [5, 5.41) is 3.03. The SMILES string of the molecule is CCOC(=O)C1CNCCN1C(=O)OC. The lowest BCUT2D eigenvalue weighted by Gasteiger charge is -2.33. The molecule has 1 saturated heterocycles. The third-order valence-electron chi connectivity index (χ3n) is 2.21. The van der Waals surface area contributed by atoms with E-state index in [-0.39, 0.29) is 0 Å². The van der Waals surface area contributed by atoms with Crippen molar-refractivity contribution in [3.05, 3.63) is 0 Å². The molecule has 1 unspecified atom stereocenters. The number of piperazine rings is 1. The van der Waals surface area contributed by atoms with Gasteiger partial charge in [0.05, 0.1) is 13.7 Å². The molecule has 15 heavy (non-hydrogen) atoms. The van der Waals surface area contributed by atoms with E-state index in [4.69, 9.17) is 4.74 Å². The lowest BCUT2D eigenvalue weighted by molar-refractivity contribution is -0.149. The molecule has 0 spiro atoms. The predicted molar refractivity (Wildman–Crippen MR) is 52.4 cm³/mol. The largest absolute Gasteiger partial charge is 0.464 e. The van der Waals surface area contributed by atoms with Crippen LogP contribution in [0.3, 0.4) is 0 Å². The molecule has 1 atom stereocenters. The van der Waals surface area contributed by atoms with Crippen molar-refractivity contribution in [2.24, 2.45) is 0 Å². The van der Waals surface area contributed by atoms with Gasteiger partial charge >= 0.3 is 12.1 Å². The van der Waals surface area contributed by atoms with Crippen LogP contribution < -0.4 is 5.32 Å². The van der Waals surface area contributed by atoms with Gasteiger partial charge in [0.2, 0.25) is 0 Å². The maximum absolute atomic E-state index is 11.5. The Balaban J connectivity index is 2.65. The van der Waals surface area contributed by atoms with Gasteiger partial charge < -0.3 is 14.8 Å². The van der Waals surface area contributed by atoms with Gasteiger partial charge in [-0.1, -0.05) is 0 Å². The van der Waals surface area contributed by atoms with Crippen molar-refractivity contribution in [3.63, 3.8) is 0 Å². The normalized spacial score (nSPS) is 20.9. The summed E-state index contributed by atoms with van der Waals surface area (Å²) in [7, 11) is 1.30. The second-order valence-electron chi connectivity index (χ2n) is 3.14. The first-order valence-corrected chi connectivity index (χ1v) is 4.92. The van der Waals surface area contributed by atoms with Crippen LogP contribution in [0.4, 0.5) is 4.79 Å². The molecule has 0 radical (unpaired) electrons. The fourth-order valence-electron chi connectivity index (χ4n) is 1.49. The molecule has 0 aromatic rings. The summed E-state index contributed by atoms with van der Waals surface area (Å²) in [4.78, 5) is 24.3. The molecule has 1 N–H and O–H groups in total. The van der Waals surface area contributed by atoms with Crippen LogP contribution in [0.5, 0.6) is 0 Å². The number of hydrogen-bond acceptors (Lipinski definition) is 5. The number of esters is 1. The molecule has 1 amide bonds. The molecule has 0 saturated carbocycles.